The second kappa shape index (κ2) is 11.0. The number of halogens is 2. The molecule has 36 heavy (non-hydrogen) atoms. The van der Waals surface area contributed by atoms with Gasteiger partial charge in [-0.25, -0.2) is 4.98 Å². The summed E-state index contributed by atoms with van der Waals surface area (Å²) in [7, 11) is 0. The van der Waals surface area contributed by atoms with Gasteiger partial charge in [-0.3, -0.25) is 19.5 Å². The predicted octanol–water partition coefficient (Wildman–Crippen LogP) is 6.64. The van der Waals surface area contributed by atoms with Gasteiger partial charge in [-0.1, -0.05) is 65.2 Å². The summed E-state index contributed by atoms with van der Waals surface area (Å²) in [5.41, 5.74) is 3.85. The fraction of sp³-hybridized carbons (Fsp3) is 0.179. The standard InChI is InChI=1S/C28H26Cl2N4O2/c1-18(2)33(27(36)23-6-4-5-7-24(23)30)17-26(35)32-28-31-25(20-10-12-21(29)13-11-20)16-34(28)22-14-8-19(3)9-15-22/h4-16,18H,17H2,1-3H3,(H,31,32,35). The van der Waals surface area contributed by atoms with Crippen molar-refractivity contribution in [3.63, 3.8) is 0 Å². The van der Waals surface area contributed by atoms with Crippen molar-refractivity contribution < 1.29 is 9.59 Å². The molecule has 2 amide bonds. The summed E-state index contributed by atoms with van der Waals surface area (Å²) in [5.74, 6) is -0.331. The molecule has 0 atom stereocenters. The van der Waals surface area contributed by atoms with Crippen LogP contribution in [0.1, 0.15) is 29.8 Å². The average Bonchev–Trinajstić information content (AvgIpc) is 3.26. The minimum Gasteiger partial charge on any atom is -0.327 e. The molecule has 0 unspecified atom stereocenters. The van der Waals surface area contributed by atoms with Crippen molar-refractivity contribution in [1.29, 1.82) is 0 Å². The molecule has 184 valence electrons. The highest BCUT2D eigenvalue weighted by molar-refractivity contribution is 6.33. The predicted molar refractivity (Wildman–Crippen MR) is 145 cm³/mol. The molecule has 1 aromatic heterocycles. The first-order valence-electron chi connectivity index (χ1n) is 11.5. The van der Waals surface area contributed by atoms with Crippen LogP contribution in [0.3, 0.4) is 0 Å². The molecule has 8 heteroatoms. The summed E-state index contributed by atoms with van der Waals surface area (Å²) >= 11 is 12.3. The maximum absolute atomic E-state index is 13.2. The first kappa shape index (κ1) is 25.5. The Bertz CT molecular complexity index is 1380. The molecule has 6 nitrogen and oxygen atoms in total. The number of aromatic nitrogens is 2. The Balaban J connectivity index is 1.63. The fourth-order valence-electron chi connectivity index (χ4n) is 3.73. The zero-order valence-corrected chi connectivity index (χ0v) is 21.7. The van der Waals surface area contributed by atoms with E-state index < -0.39 is 0 Å². The molecule has 0 spiro atoms. The number of anilines is 1. The number of nitrogens with zero attached hydrogens (tertiary/aromatic N) is 3. The molecular weight excluding hydrogens is 495 g/mol. The topological polar surface area (TPSA) is 67.2 Å². The van der Waals surface area contributed by atoms with Crippen molar-refractivity contribution >= 4 is 41.0 Å². The monoisotopic (exact) mass is 520 g/mol. The number of hydrogen-bond acceptors (Lipinski definition) is 3. The zero-order valence-electron chi connectivity index (χ0n) is 20.2. The molecule has 4 aromatic rings. The van der Waals surface area contributed by atoms with E-state index in [4.69, 9.17) is 23.2 Å². The van der Waals surface area contributed by atoms with Crippen LogP contribution >= 0.6 is 23.2 Å². The van der Waals surface area contributed by atoms with Gasteiger partial charge in [-0.05, 0) is 57.2 Å². The largest absolute Gasteiger partial charge is 0.327 e. The van der Waals surface area contributed by atoms with Gasteiger partial charge in [0.1, 0.15) is 6.54 Å². The molecule has 0 aliphatic heterocycles. The molecule has 0 radical (unpaired) electrons. The average molecular weight is 521 g/mol. The number of amides is 2. The molecule has 0 saturated carbocycles. The third kappa shape index (κ3) is 5.78. The van der Waals surface area contributed by atoms with E-state index in [-0.39, 0.29) is 24.4 Å². The van der Waals surface area contributed by atoms with Crippen LogP contribution in [-0.2, 0) is 4.79 Å². The van der Waals surface area contributed by atoms with Gasteiger partial charge >= 0.3 is 0 Å². The first-order valence-corrected chi connectivity index (χ1v) is 12.3. The van der Waals surface area contributed by atoms with E-state index in [0.717, 1.165) is 16.8 Å². The summed E-state index contributed by atoms with van der Waals surface area (Å²) in [4.78, 5) is 32.5. The van der Waals surface area contributed by atoms with Gasteiger partial charge in [-0.2, -0.15) is 0 Å². The number of benzene rings is 3. The van der Waals surface area contributed by atoms with Crippen LogP contribution in [0.2, 0.25) is 10.0 Å². The number of carbonyl (C=O) groups excluding carboxylic acids is 2. The lowest BCUT2D eigenvalue weighted by Crippen LogP contribution is -2.42. The molecular formula is C28H26Cl2N4O2. The Hall–Kier alpha value is -3.61. The van der Waals surface area contributed by atoms with Crippen molar-refractivity contribution in [1.82, 2.24) is 14.5 Å². The summed E-state index contributed by atoms with van der Waals surface area (Å²) in [6, 6.07) is 21.8. The minimum absolute atomic E-state index is 0.154. The van der Waals surface area contributed by atoms with Crippen LogP contribution in [0, 0.1) is 6.92 Å². The van der Waals surface area contributed by atoms with Crippen molar-refractivity contribution in [3.05, 3.63) is 100 Å². The van der Waals surface area contributed by atoms with Crippen LogP contribution in [0.5, 0.6) is 0 Å². The van der Waals surface area contributed by atoms with Gasteiger partial charge in [0.05, 0.1) is 16.3 Å². The second-order valence-corrected chi connectivity index (χ2v) is 9.56. The molecule has 0 bridgehead atoms. The van der Waals surface area contributed by atoms with Crippen molar-refractivity contribution in [2.24, 2.45) is 0 Å². The van der Waals surface area contributed by atoms with E-state index in [1.54, 1.807) is 36.4 Å². The number of rotatable bonds is 7. The highest BCUT2D eigenvalue weighted by Gasteiger charge is 2.24. The van der Waals surface area contributed by atoms with Gasteiger partial charge in [0.25, 0.3) is 5.91 Å². The fourth-order valence-corrected chi connectivity index (χ4v) is 4.07. The van der Waals surface area contributed by atoms with Gasteiger partial charge in [0.2, 0.25) is 11.9 Å². The molecule has 0 saturated heterocycles. The lowest BCUT2D eigenvalue weighted by molar-refractivity contribution is -0.117. The molecule has 4 rings (SSSR count). The summed E-state index contributed by atoms with van der Waals surface area (Å²) in [6.07, 6.45) is 1.86. The van der Waals surface area contributed by atoms with Gasteiger partial charge in [0.15, 0.2) is 0 Å². The van der Waals surface area contributed by atoms with Crippen molar-refractivity contribution in [3.8, 4) is 16.9 Å². The summed E-state index contributed by atoms with van der Waals surface area (Å²) in [5, 5.41) is 3.86. The number of aryl methyl sites for hydroxylation is 1. The van der Waals surface area contributed by atoms with Crippen LogP contribution in [0.25, 0.3) is 16.9 Å². The number of carbonyl (C=O) groups is 2. The smallest absolute Gasteiger partial charge is 0.256 e. The lowest BCUT2D eigenvalue weighted by atomic mass is 10.1. The maximum Gasteiger partial charge on any atom is 0.256 e. The van der Waals surface area contributed by atoms with E-state index in [9.17, 15) is 9.59 Å². The van der Waals surface area contributed by atoms with E-state index in [2.05, 4.69) is 10.3 Å². The second-order valence-electron chi connectivity index (χ2n) is 8.72. The van der Waals surface area contributed by atoms with Crippen molar-refractivity contribution in [2.45, 2.75) is 26.8 Å². The van der Waals surface area contributed by atoms with Crippen LogP contribution in [0.15, 0.2) is 79.0 Å². The third-order valence-electron chi connectivity index (χ3n) is 5.71. The Morgan fingerprint density at radius 2 is 1.64 bits per heavy atom. The quantitative estimate of drug-likeness (QED) is 0.296. The Kier molecular flexibility index (Phi) is 7.77. The molecule has 1 N–H and O–H groups in total. The Labute approximate surface area is 220 Å². The van der Waals surface area contributed by atoms with E-state index in [1.165, 1.54) is 4.90 Å². The zero-order chi connectivity index (χ0) is 25.8. The van der Waals surface area contributed by atoms with E-state index >= 15 is 0 Å². The van der Waals surface area contributed by atoms with Gasteiger partial charge in [-0.15, -0.1) is 0 Å². The Morgan fingerprint density at radius 1 is 0.972 bits per heavy atom. The van der Waals surface area contributed by atoms with Crippen LogP contribution in [-0.4, -0.2) is 38.9 Å². The number of hydrogen-bond donors (Lipinski definition) is 1. The molecule has 0 aliphatic carbocycles. The molecule has 3 aromatic carbocycles. The van der Waals surface area contributed by atoms with Crippen molar-refractivity contribution in [2.75, 3.05) is 11.9 Å². The lowest BCUT2D eigenvalue weighted by Gasteiger charge is -2.26. The van der Waals surface area contributed by atoms with E-state index in [1.807, 2.05) is 67.9 Å². The molecule has 1 heterocycles. The highest BCUT2D eigenvalue weighted by atomic mass is 35.5. The normalized spacial score (nSPS) is 10.9. The molecule has 0 fully saturated rings. The summed E-state index contributed by atoms with van der Waals surface area (Å²) in [6.45, 7) is 5.57. The Morgan fingerprint density at radius 3 is 2.28 bits per heavy atom. The number of imidazole rings is 1. The maximum atomic E-state index is 13.2. The number of nitrogens with one attached hydrogen (secondary N) is 1. The SMILES string of the molecule is Cc1ccc(-n2cc(-c3ccc(Cl)cc3)nc2NC(=O)CN(C(=O)c2ccccc2Cl)C(C)C)cc1. The van der Waals surface area contributed by atoms with Gasteiger partial charge < -0.3 is 4.90 Å². The third-order valence-corrected chi connectivity index (χ3v) is 6.29. The van der Waals surface area contributed by atoms with E-state index in [0.29, 0.717) is 27.3 Å². The first-order chi connectivity index (χ1) is 17.2. The van der Waals surface area contributed by atoms with Crippen LogP contribution < -0.4 is 5.32 Å². The minimum atomic E-state index is -0.370. The highest BCUT2D eigenvalue weighted by Crippen LogP contribution is 2.26. The van der Waals surface area contributed by atoms with Gasteiger partial charge in [0, 0.05) is 28.5 Å². The van der Waals surface area contributed by atoms with Crippen LogP contribution in [0.4, 0.5) is 5.95 Å². The summed E-state index contributed by atoms with van der Waals surface area (Å²) < 4.78 is 1.82. The molecule has 0 aliphatic rings.